The van der Waals surface area contributed by atoms with Crippen LogP contribution in [0, 0.1) is 15.5 Å². The van der Waals surface area contributed by atoms with E-state index in [4.69, 9.17) is 5.11 Å². The van der Waals surface area contributed by atoms with E-state index < -0.39 is 16.3 Å². The minimum Gasteiger partial charge on any atom is -0.481 e. The Morgan fingerprint density at radius 3 is 2.69 bits per heavy atom. The standard InChI is InChI=1S/C11H11NO4/c13-10(14)11(4-5-11)7-8-2-1-3-9(6-8)12(15)16/h1-3,6H,4-5,7H2,(H,13,14). The monoisotopic (exact) mass is 221 g/mol. The van der Waals surface area contributed by atoms with E-state index in [-0.39, 0.29) is 5.69 Å². The van der Waals surface area contributed by atoms with Gasteiger partial charge in [-0.3, -0.25) is 14.9 Å². The molecule has 1 aromatic rings. The molecule has 0 saturated heterocycles. The van der Waals surface area contributed by atoms with Crippen molar-refractivity contribution in [2.24, 2.45) is 5.41 Å². The smallest absolute Gasteiger partial charge is 0.309 e. The molecule has 1 N–H and O–H groups in total. The van der Waals surface area contributed by atoms with E-state index in [0.29, 0.717) is 24.8 Å². The number of hydrogen-bond acceptors (Lipinski definition) is 3. The Bertz CT molecular complexity index is 451. The minimum absolute atomic E-state index is 0.0127. The second-order valence-electron chi connectivity index (χ2n) is 4.19. The average molecular weight is 221 g/mol. The molecular formula is C11H11NO4. The van der Waals surface area contributed by atoms with Crippen LogP contribution in [0.3, 0.4) is 0 Å². The van der Waals surface area contributed by atoms with E-state index >= 15 is 0 Å². The van der Waals surface area contributed by atoms with Crippen LogP contribution in [0.15, 0.2) is 24.3 Å². The molecule has 1 aliphatic carbocycles. The van der Waals surface area contributed by atoms with Crippen LogP contribution < -0.4 is 0 Å². The molecule has 1 aromatic carbocycles. The molecule has 1 aliphatic rings. The quantitative estimate of drug-likeness (QED) is 0.622. The molecule has 0 amide bonds. The Labute approximate surface area is 91.9 Å². The van der Waals surface area contributed by atoms with E-state index in [1.165, 1.54) is 12.1 Å². The molecule has 84 valence electrons. The molecule has 2 rings (SSSR count). The van der Waals surface area contributed by atoms with E-state index in [1.807, 2.05) is 0 Å². The zero-order chi connectivity index (χ0) is 11.8. The number of non-ortho nitro benzene ring substituents is 1. The van der Waals surface area contributed by atoms with Crippen molar-refractivity contribution in [2.75, 3.05) is 0 Å². The van der Waals surface area contributed by atoms with Crippen molar-refractivity contribution in [2.45, 2.75) is 19.3 Å². The first-order valence-electron chi connectivity index (χ1n) is 5.00. The van der Waals surface area contributed by atoms with Gasteiger partial charge in [0.15, 0.2) is 0 Å². The molecule has 5 heteroatoms. The summed E-state index contributed by atoms with van der Waals surface area (Å²) in [6.07, 6.45) is 1.69. The molecule has 0 atom stereocenters. The van der Waals surface area contributed by atoms with Crippen LogP contribution in [0.25, 0.3) is 0 Å². The average Bonchev–Trinajstić information content (AvgIpc) is 2.99. The van der Waals surface area contributed by atoms with Gasteiger partial charge in [0.05, 0.1) is 10.3 Å². The summed E-state index contributed by atoms with van der Waals surface area (Å²) >= 11 is 0. The number of carbonyl (C=O) groups is 1. The number of nitro benzene ring substituents is 1. The summed E-state index contributed by atoms with van der Waals surface area (Å²) in [5.74, 6) is -0.806. The van der Waals surface area contributed by atoms with Crippen LogP contribution in [0.2, 0.25) is 0 Å². The maximum absolute atomic E-state index is 11.0. The second-order valence-corrected chi connectivity index (χ2v) is 4.19. The van der Waals surface area contributed by atoms with Crippen molar-refractivity contribution >= 4 is 11.7 Å². The Morgan fingerprint density at radius 1 is 1.50 bits per heavy atom. The molecule has 16 heavy (non-hydrogen) atoms. The van der Waals surface area contributed by atoms with E-state index in [0.717, 1.165) is 0 Å². The van der Waals surface area contributed by atoms with Gasteiger partial charge in [-0.1, -0.05) is 12.1 Å². The van der Waals surface area contributed by atoms with Crippen molar-refractivity contribution in [1.82, 2.24) is 0 Å². The van der Waals surface area contributed by atoms with Crippen molar-refractivity contribution in [3.8, 4) is 0 Å². The van der Waals surface area contributed by atoms with Gasteiger partial charge in [-0.05, 0) is 24.8 Å². The predicted octanol–water partition coefficient (Wildman–Crippen LogP) is 2.00. The molecular weight excluding hydrogens is 210 g/mol. The summed E-state index contributed by atoms with van der Waals surface area (Å²) in [7, 11) is 0. The SMILES string of the molecule is O=C(O)C1(Cc2cccc([N+](=O)[O-])c2)CC1. The van der Waals surface area contributed by atoms with Gasteiger partial charge in [0.1, 0.15) is 0 Å². The van der Waals surface area contributed by atoms with Crippen LogP contribution in [0.5, 0.6) is 0 Å². The van der Waals surface area contributed by atoms with Gasteiger partial charge in [-0.2, -0.15) is 0 Å². The molecule has 1 saturated carbocycles. The first-order chi connectivity index (χ1) is 7.53. The molecule has 0 aromatic heterocycles. The van der Waals surface area contributed by atoms with Crippen LogP contribution in [0.1, 0.15) is 18.4 Å². The molecule has 0 spiro atoms. The molecule has 0 unspecified atom stereocenters. The van der Waals surface area contributed by atoms with E-state index in [2.05, 4.69) is 0 Å². The predicted molar refractivity (Wildman–Crippen MR) is 56.1 cm³/mol. The van der Waals surface area contributed by atoms with Gasteiger partial charge >= 0.3 is 5.97 Å². The third-order valence-corrected chi connectivity index (χ3v) is 2.97. The van der Waals surface area contributed by atoms with Crippen molar-refractivity contribution < 1.29 is 14.8 Å². The Hall–Kier alpha value is -1.91. The number of carboxylic acid groups (broad SMARTS) is 1. The van der Waals surface area contributed by atoms with Gasteiger partial charge in [-0.15, -0.1) is 0 Å². The highest BCUT2D eigenvalue weighted by Gasteiger charge is 2.50. The van der Waals surface area contributed by atoms with Gasteiger partial charge in [0.25, 0.3) is 5.69 Å². The molecule has 0 radical (unpaired) electrons. The second kappa shape index (κ2) is 3.59. The highest BCUT2D eigenvalue weighted by molar-refractivity contribution is 5.78. The summed E-state index contributed by atoms with van der Waals surface area (Å²) < 4.78 is 0. The maximum atomic E-state index is 11.0. The third-order valence-electron chi connectivity index (χ3n) is 2.97. The van der Waals surface area contributed by atoms with Gasteiger partial charge in [0, 0.05) is 12.1 Å². The first kappa shape index (κ1) is 10.6. The van der Waals surface area contributed by atoms with Crippen LogP contribution in [0.4, 0.5) is 5.69 Å². The van der Waals surface area contributed by atoms with Crippen LogP contribution >= 0.6 is 0 Å². The zero-order valence-electron chi connectivity index (χ0n) is 8.55. The van der Waals surface area contributed by atoms with Crippen LogP contribution in [-0.2, 0) is 11.2 Å². The lowest BCUT2D eigenvalue weighted by Gasteiger charge is -2.08. The summed E-state index contributed by atoms with van der Waals surface area (Å²) in [4.78, 5) is 21.1. The number of rotatable bonds is 4. The van der Waals surface area contributed by atoms with Gasteiger partial charge in [-0.25, -0.2) is 0 Å². The lowest BCUT2D eigenvalue weighted by molar-refractivity contribution is -0.384. The topological polar surface area (TPSA) is 80.4 Å². The number of aliphatic carboxylic acids is 1. The van der Waals surface area contributed by atoms with Crippen LogP contribution in [-0.4, -0.2) is 16.0 Å². The lowest BCUT2D eigenvalue weighted by atomic mass is 9.96. The minimum atomic E-state index is -0.806. The van der Waals surface area contributed by atoms with Crippen molar-refractivity contribution in [1.29, 1.82) is 0 Å². The number of carboxylic acids is 1. The summed E-state index contributed by atoms with van der Waals surface area (Å²) in [5.41, 5.74) is 0.0580. The molecule has 0 aliphatic heterocycles. The fourth-order valence-corrected chi connectivity index (χ4v) is 1.79. The molecule has 1 fully saturated rings. The summed E-state index contributed by atoms with van der Waals surface area (Å²) in [6, 6.07) is 6.17. The van der Waals surface area contributed by atoms with Crippen molar-refractivity contribution in [3.63, 3.8) is 0 Å². The largest absolute Gasteiger partial charge is 0.481 e. The fraction of sp³-hybridized carbons (Fsp3) is 0.364. The zero-order valence-corrected chi connectivity index (χ0v) is 8.55. The Kier molecular flexibility index (Phi) is 2.38. The third kappa shape index (κ3) is 1.88. The fourth-order valence-electron chi connectivity index (χ4n) is 1.79. The molecule has 0 bridgehead atoms. The highest BCUT2D eigenvalue weighted by Crippen LogP contribution is 2.48. The first-order valence-corrected chi connectivity index (χ1v) is 5.00. The van der Waals surface area contributed by atoms with E-state index in [9.17, 15) is 14.9 Å². The number of hydrogen-bond donors (Lipinski definition) is 1. The van der Waals surface area contributed by atoms with Gasteiger partial charge in [0.2, 0.25) is 0 Å². The van der Waals surface area contributed by atoms with Gasteiger partial charge < -0.3 is 5.11 Å². The number of benzene rings is 1. The van der Waals surface area contributed by atoms with Crippen molar-refractivity contribution in [3.05, 3.63) is 39.9 Å². The summed E-state index contributed by atoms with van der Waals surface area (Å²) in [6.45, 7) is 0. The highest BCUT2D eigenvalue weighted by atomic mass is 16.6. The number of nitro groups is 1. The number of nitrogens with zero attached hydrogens (tertiary/aromatic N) is 1. The van der Waals surface area contributed by atoms with E-state index in [1.54, 1.807) is 12.1 Å². The lowest BCUT2D eigenvalue weighted by Crippen LogP contribution is -2.17. The maximum Gasteiger partial charge on any atom is 0.309 e. The summed E-state index contributed by atoms with van der Waals surface area (Å²) in [5, 5.41) is 19.6. The normalized spacial score (nSPS) is 16.8. The molecule has 5 nitrogen and oxygen atoms in total. The Morgan fingerprint density at radius 2 is 2.19 bits per heavy atom. The molecule has 0 heterocycles. The Balaban J connectivity index is 2.19.